The number of para-hydroxylation sites is 1. The quantitative estimate of drug-likeness (QED) is 0.137. The Kier molecular flexibility index (Phi) is 13.7. The molecule has 16 aromatic rings. The van der Waals surface area contributed by atoms with E-state index in [1.807, 2.05) is 96.3 Å². The minimum absolute atomic E-state index is 0.709. The lowest BCUT2D eigenvalue weighted by Gasteiger charge is -2.10. The number of rotatable bonds is 10. The summed E-state index contributed by atoms with van der Waals surface area (Å²) in [4.78, 5) is 19.9. The summed E-state index contributed by atoms with van der Waals surface area (Å²) >= 11 is 1.87. The van der Waals surface area contributed by atoms with Crippen LogP contribution in [0.4, 0.5) is 0 Å². The third-order valence-corrected chi connectivity index (χ3v) is 17.1. The predicted molar refractivity (Wildman–Crippen MR) is 359 cm³/mol. The molecule has 0 aliphatic rings. The van der Waals surface area contributed by atoms with Crippen LogP contribution in [0, 0.1) is 0 Å². The summed E-state index contributed by atoms with van der Waals surface area (Å²) in [6.07, 6.45) is 0. The molecular weight excluding hydrogens is 1060 g/mol. The Bertz CT molecular complexity index is 4950. The van der Waals surface area contributed by atoms with Crippen LogP contribution in [0.15, 0.2) is 320 Å². The van der Waals surface area contributed by atoms with Crippen molar-refractivity contribution in [2.75, 3.05) is 0 Å². The fourth-order valence-corrected chi connectivity index (χ4v) is 12.7. The van der Waals surface area contributed by atoms with Gasteiger partial charge in [-0.15, -0.1) is 11.3 Å². The normalized spacial score (nSPS) is 11.3. The standard InChI is InChI=1S/C40H26N2O.C40H26N2S/c1-3-10-28(11-4-1)36-26-37(29-12-5-2-6-13-29)42-40(41-36)30-20-18-27(19-21-30)31-14-9-15-32(24-31)33-22-23-39-35(25-33)34-16-7-8-17-38(34)43-39;1-3-11-28(12-4-1)36-26-37(29-13-5-2-6-14-29)42-40(41-36)30-23-21-27(22-24-30)31-15-9-16-32(25-31)33-18-10-19-35-34-17-7-8-20-38(34)43-39(33)35/h2*1-26H. The molecule has 12 aromatic carbocycles. The first kappa shape index (κ1) is 51.7. The minimum atomic E-state index is 0.709. The summed E-state index contributed by atoms with van der Waals surface area (Å²) in [6.45, 7) is 0. The van der Waals surface area contributed by atoms with Crippen molar-refractivity contribution < 1.29 is 4.42 Å². The highest BCUT2D eigenvalue weighted by molar-refractivity contribution is 7.26. The van der Waals surface area contributed by atoms with E-state index in [0.29, 0.717) is 5.82 Å². The van der Waals surface area contributed by atoms with E-state index in [1.165, 1.54) is 42.4 Å². The van der Waals surface area contributed by atoms with Crippen LogP contribution in [0.2, 0.25) is 0 Å². The second-order valence-corrected chi connectivity index (χ2v) is 22.3. The first-order valence-electron chi connectivity index (χ1n) is 28.8. The summed E-state index contributed by atoms with van der Waals surface area (Å²) < 4.78 is 8.70. The molecule has 0 aliphatic heterocycles. The highest BCUT2D eigenvalue weighted by Gasteiger charge is 2.16. The molecule has 6 heteroatoms. The summed E-state index contributed by atoms with van der Waals surface area (Å²) in [5.41, 5.74) is 21.2. The van der Waals surface area contributed by atoms with Crippen LogP contribution in [0.1, 0.15) is 0 Å². The number of furan rings is 1. The molecule has 0 saturated carbocycles. The van der Waals surface area contributed by atoms with Gasteiger partial charge in [0.05, 0.1) is 22.8 Å². The number of nitrogens with zero attached hydrogens (tertiary/aromatic N) is 4. The Labute approximate surface area is 502 Å². The molecule has 0 spiro atoms. The van der Waals surface area contributed by atoms with Gasteiger partial charge in [-0.3, -0.25) is 0 Å². The van der Waals surface area contributed by atoms with Crippen molar-refractivity contribution in [3.63, 3.8) is 0 Å². The SMILES string of the molecule is c1ccc(-c2cc(-c3ccccc3)nc(-c3ccc(-c4cccc(-c5ccc6oc7ccccc7c6c5)c4)cc3)n2)cc1.c1ccc(-c2cc(-c3ccccc3)nc(-c3ccc(-c4cccc(-c5cccc6c5sc5ccccc56)c4)cc3)n2)cc1. The molecule has 4 aromatic heterocycles. The number of hydrogen-bond donors (Lipinski definition) is 0. The second-order valence-electron chi connectivity index (χ2n) is 21.3. The van der Waals surface area contributed by atoms with Gasteiger partial charge in [0.25, 0.3) is 0 Å². The average molecular weight is 1120 g/mol. The zero-order valence-electron chi connectivity index (χ0n) is 46.6. The molecule has 0 unspecified atom stereocenters. The number of fused-ring (bicyclic) bond motifs is 6. The third-order valence-electron chi connectivity index (χ3n) is 15.8. The van der Waals surface area contributed by atoms with Crippen LogP contribution >= 0.6 is 11.3 Å². The van der Waals surface area contributed by atoms with E-state index in [2.05, 4.69) is 231 Å². The van der Waals surface area contributed by atoms with Gasteiger partial charge in [-0.05, 0) is 93.0 Å². The van der Waals surface area contributed by atoms with Gasteiger partial charge in [-0.1, -0.05) is 267 Å². The monoisotopic (exact) mass is 1120 g/mol. The van der Waals surface area contributed by atoms with E-state index in [9.17, 15) is 0 Å². The van der Waals surface area contributed by atoms with Crippen LogP contribution in [-0.2, 0) is 0 Å². The zero-order chi connectivity index (χ0) is 57.2. The van der Waals surface area contributed by atoms with E-state index in [4.69, 9.17) is 24.4 Å². The maximum absolute atomic E-state index is 6.04. The third kappa shape index (κ3) is 10.4. The Morgan fingerprint density at radius 2 is 0.581 bits per heavy atom. The number of thiophene rings is 1. The zero-order valence-corrected chi connectivity index (χ0v) is 47.4. The van der Waals surface area contributed by atoms with Crippen LogP contribution in [-0.4, -0.2) is 19.9 Å². The van der Waals surface area contributed by atoms with Gasteiger partial charge >= 0.3 is 0 Å². The van der Waals surface area contributed by atoms with Crippen molar-refractivity contribution in [3.05, 3.63) is 315 Å². The summed E-state index contributed by atoms with van der Waals surface area (Å²) in [5.74, 6) is 1.43. The molecule has 86 heavy (non-hydrogen) atoms. The van der Waals surface area contributed by atoms with Gasteiger partial charge in [0.15, 0.2) is 11.6 Å². The Morgan fingerprint density at radius 3 is 1.10 bits per heavy atom. The molecule has 0 fully saturated rings. The maximum Gasteiger partial charge on any atom is 0.160 e. The molecule has 0 bridgehead atoms. The lowest BCUT2D eigenvalue weighted by atomic mass is 9.97. The van der Waals surface area contributed by atoms with Crippen LogP contribution in [0.25, 0.3) is 154 Å². The summed E-state index contributed by atoms with van der Waals surface area (Å²) in [6, 6.07) is 110. The predicted octanol–water partition coefficient (Wildman–Crippen LogP) is 21.9. The van der Waals surface area contributed by atoms with E-state index < -0.39 is 0 Å². The Morgan fingerprint density at radius 1 is 0.221 bits per heavy atom. The smallest absolute Gasteiger partial charge is 0.160 e. The van der Waals surface area contributed by atoms with Gasteiger partial charge in [0.2, 0.25) is 0 Å². The maximum atomic E-state index is 6.04. The summed E-state index contributed by atoms with van der Waals surface area (Å²) in [5, 5.41) is 4.92. The van der Waals surface area contributed by atoms with Crippen molar-refractivity contribution in [1.29, 1.82) is 0 Å². The van der Waals surface area contributed by atoms with Crippen molar-refractivity contribution in [2.24, 2.45) is 0 Å². The molecule has 0 saturated heterocycles. The molecule has 0 aliphatic carbocycles. The van der Waals surface area contributed by atoms with Gasteiger partial charge in [0.1, 0.15) is 11.2 Å². The number of benzene rings is 12. The highest BCUT2D eigenvalue weighted by atomic mass is 32.1. The molecule has 0 radical (unpaired) electrons. The average Bonchev–Trinajstić information content (AvgIpc) is 2.48. The molecule has 404 valence electrons. The van der Waals surface area contributed by atoms with Crippen LogP contribution in [0.5, 0.6) is 0 Å². The van der Waals surface area contributed by atoms with Gasteiger partial charge in [-0.25, -0.2) is 19.9 Å². The number of aromatic nitrogens is 4. The first-order valence-corrected chi connectivity index (χ1v) is 29.6. The van der Waals surface area contributed by atoms with E-state index in [1.54, 1.807) is 0 Å². The van der Waals surface area contributed by atoms with Gasteiger partial charge in [-0.2, -0.15) is 0 Å². The first-order chi connectivity index (χ1) is 42.6. The van der Waals surface area contributed by atoms with Crippen molar-refractivity contribution in [1.82, 2.24) is 19.9 Å². The van der Waals surface area contributed by atoms with Gasteiger partial charge in [0, 0.05) is 64.3 Å². The Hall–Kier alpha value is -11.2. The molecule has 0 atom stereocenters. The molecule has 4 heterocycles. The van der Waals surface area contributed by atoms with E-state index in [-0.39, 0.29) is 0 Å². The van der Waals surface area contributed by atoms with E-state index in [0.717, 1.165) is 106 Å². The van der Waals surface area contributed by atoms with Crippen molar-refractivity contribution >= 4 is 53.4 Å². The van der Waals surface area contributed by atoms with Crippen LogP contribution < -0.4 is 0 Å². The number of hydrogen-bond acceptors (Lipinski definition) is 6. The fraction of sp³-hybridized carbons (Fsp3) is 0. The van der Waals surface area contributed by atoms with Crippen molar-refractivity contribution in [2.45, 2.75) is 0 Å². The largest absolute Gasteiger partial charge is 0.456 e. The highest BCUT2D eigenvalue weighted by Crippen LogP contribution is 2.41. The Balaban J connectivity index is 0.000000145. The molecule has 0 N–H and O–H groups in total. The molecule has 5 nitrogen and oxygen atoms in total. The van der Waals surface area contributed by atoms with Crippen LogP contribution in [0.3, 0.4) is 0 Å². The lowest BCUT2D eigenvalue weighted by Crippen LogP contribution is -1.95. The minimum Gasteiger partial charge on any atom is -0.456 e. The van der Waals surface area contributed by atoms with E-state index >= 15 is 0 Å². The molecule has 0 amide bonds. The second kappa shape index (κ2) is 22.9. The topological polar surface area (TPSA) is 64.7 Å². The lowest BCUT2D eigenvalue weighted by molar-refractivity contribution is 0.669. The fourth-order valence-electron chi connectivity index (χ4n) is 11.4. The molecule has 16 rings (SSSR count). The molecular formula is C80H52N4OS. The summed E-state index contributed by atoms with van der Waals surface area (Å²) in [7, 11) is 0. The van der Waals surface area contributed by atoms with Gasteiger partial charge < -0.3 is 4.42 Å². The van der Waals surface area contributed by atoms with Crippen molar-refractivity contribution in [3.8, 4) is 112 Å².